The number of halogens is 1. The monoisotopic (exact) mass is 344 g/mol. The van der Waals surface area contributed by atoms with Crippen molar-refractivity contribution in [2.24, 2.45) is 23.5 Å². The third-order valence-corrected chi connectivity index (χ3v) is 6.20. The van der Waals surface area contributed by atoms with Crippen molar-refractivity contribution in [2.75, 3.05) is 0 Å². The molecule has 134 valence electrons. The Balaban J connectivity index is 1.43. The fourth-order valence-electron chi connectivity index (χ4n) is 4.73. The van der Waals surface area contributed by atoms with E-state index in [1.54, 1.807) is 6.07 Å². The van der Waals surface area contributed by atoms with Gasteiger partial charge in [-0.1, -0.05) is 6.42 Å². The molecule has 1 aromatic carbocycles. The molecule has 2 aliphatic carbocycles. The number of aryl methyl sites for hydroxylation is 1. The van der Waals surface area contributed by atoms with Crippen molar-refractivity contribution >= 4 is 16.9 Å². The van der Waals surface area contributed by atoms with Gasteiger partial charge < -0.3 is 15.5 Å². The zero-order chi connectivity index (χ0) is 17.6. The SMILES string of the molecule is Cc1c(CNC(=O)C2CC3CCCC(C2)C3N)oc2ccc(F)cc12. The molecule has 2 aliphatic rings. The normalized spacial score (nSPS) is 28.9. The molecular weight excluding hydrogens is 319 g/mol. The highest BCUT2D eigenvalue weighted by atomic mass is 19.1. The van der Waals surface area contributed by atoms with Crippen LogP contribution in [0.3, 0.4) is 0 Å². The van der Waals surface area contributed by atoms with E-state index in [1.165, 1.54) is 18.6 Å². The van der Waals surface area contributed by atoms with Crippen LogP contribution in [0.15, 0.2) is 22.6 Å². The molecule has 2 unspecified atom stereocenters. The molecule has 0 spiro atoms. The molecule has 2 saturated carbocycles. The average Bonchev–Trinajstić information content (AvgIpc) is 2.88. The van der Waals surface area contributed by atoms with Crippen molar-refractivity contribution in [3.05, 3.63) is 35.3 Å². The van der Waals surface area contributed by atoms with Crippen LogP contribution in [0.2, 0.25) is 0 Å². The largest absolute Gasteiger partial charge is 0.459 e. The number of carbonyl (C=O) groups is 1. The Morgan fingerprint density at radius 1 is 1.32 bits per heavy atom. The van der Waals surface area contributed by atoms with Gasteiger partial charge in [0.1, 0.15) is 17.2 Å². The molecule has 25 heavy (non-hydrogen) atoms. The van der Waals surface area contributed by atoms with Gasteiger partial charge in [0, 0.05) is 22.9 Å². The van der Waals surface area contributed by atoms with E-state index in [2.05, 4.69) is 5.32 Å². The third kappa shape index (κ3) is 3.06. The number of nitrogens with two attached hydrogens (primary N) is 1. The minimum absolute atomic E-state index is 0.0530. The number of nitrogens with one attached hydrogen (secondary N) is 1. The smallest absolute Gasteiger partial charge is 0.223 e. The summed E-state index contributed by atoms with van der Waals surface area (Å²) in [6.45, 7) is 2.25. The third-order valence-electron chi connectivity index (χ3n) is 6.20. The average molecular weight is 344 g/mol. The summed E-state index contributed by atoms with van der Waals surface area (Å²) in [5, 5.41) is 3.79. The van der Waals surface area contributed by atoms with Crippen LogP contribution in [0, 0.1) is 30.5 Å². The molecule has 0 aliphatic heterocycles. The van der Waals surface area contributed by atoms with Crippen molar-refractivity contribution in [1.29, 1.82) is 0 Å². The molecule has 0 radical (unpaired) electrons. The number of rotatable bonds is 3. The molecule has 2 aromatic rings. The van der Waals surface area contributed by atoms with Gasteiger partial charge in [-0.25, -0.2) is 4.39 Å². The van der Waals surface area contributed by atoms with Gasteiger partial charge in [-0.2, -0.15) is 0 Å². The van der Waals surface area contributed by atoms with Crippen LogP contribution in [0.1, 0.15) is 43.4 Å². The van der Waals surface area contributed by atoms with Gasteiger partial charge in [0.15, 0.2) is 0 Å². The molecule has 2 fully saturated rings. The van der Waals surface area contributed by atoms with Crippen molar-refractivity contribution in [3.8, 4) is 0 Å². The first-order chi connectivity index (χ1) is 12.0. The van der Waals surface area contributed by atoms with E-state index >= 15 is 0 Å². The summed E-state index contributed by atoms with van der Waals surface area (Å²) in [4.78, 5) is 12.6. The minimum atomic E-state index is -0.280. The maximum Gasteiger partial charge on any atom is 0.223 e. The highest BCUT2D eigenvalue weighted by Gasteiger charge is 2.40. The first-order valence-corrected chi connectivity index (χ1v) is 9.23. The van der Waals surface area contributed by atoms with Crippen LogP contribution in [-0.2, 0) is 11.3 Å². The Hall–Kier alpha value is -1.88. The molecular formula is C20H25FN2O2. The van der Waals surface area contributed by atoms with E-state index in [1.807, 2.05) is 6.92 Å². The Morgan fingerprint density at radius 2 is 2.04 bits per heavy atom. The highest BCUT2D eigenvalue weighted by Crippen LogP contribution is 2.41. The second-order valence-electron chi connectivity index (χ2n) is 7.71. The standard InChI is InChI=1S/C20H25FN2O2/c1-11-16-9-15(21)5-6-17(16)25-18(11)10-23-20(24)14-7-12-3-2-4-13(8-14)19(12)22/h5-6,9,12-14,19H,2-4,7-8,10,22H2,1H3,(H,23,24). The predicted octanol–water partition coefficient (Wildman–Crippen LogP) is 3.65. The molecule has 1 heterocycles. The van der Waals surface area contributed by atoms with E-state index in [4.69, 9.17) is 10.2 Å². The Morgan fingerprint density at radius 3 is 2.76 bits per heavy atom. The van der Waals surface area contributed by atoms with Gasteiger partial charge >= 0.3 is 0 Å². The summed E-state index contributed by atoms with van der Waals surface area (Å²) >= 11 is 0. The zero-order valence-electron chi connectivity index (χ0n) is 14.6. The second-order valence-corrected chi connectivity index (χ2v) is 7.71. The molecule has 2 atom stereocenters. The summed E-state index contributed by atoms with van der Waals surface area (Å²) in [7, 11) is 0. The molecule has 2 bridgehead atoms. The van der Waals surface area contributed by atoms with Crippen molar-refractivity contribution in [1.82, 2.24) is 5.32 Å². The topological polar surface area (TPSA) is 68.3 Å². The Kier molecular flexibility index (Phi) is 4.28. The lowest BCUT2D eigenvalue weighted by Crippen LogP contribution is -2.49. The van der Waals surface area contributed by atoms with Crippen molar-refractivity contribution in [2.45, 2.75) is 51.6 Å². The summed E-state index contributed by atoms with van der Waals surface area (Å²) in [6, 6.07) is 4.76. The maximum atomic E-state index is 13.4. The van der Waals surface area contributed by atoms with Gasteiger partial charge in [0.25, 0.3) is 0 Å². The summed E-state index contributed by atoms with van der Waals surface area (Å²) in [6.07, 6.45) is 5.33. The number of fused-ring (bicyclic) bond motifs is 3. The van der Waals surface area contributed by atoms with Crippen LogP contribution in [0.4, 0.5) is 4.39 Å². The lowest BCUT2D eigenvalue weighted by molar-refractivity contribution is -0.128. The van der Waals surface area contributed by atoms with Crippen LogP contribution in [-0.4, -0.2) is 11.9 Å². The van der Waals surface area contributed by atoms with E-state index in [-0.39, 0.29) is 23.7 Å². The Labute approximate surface area is 146 Å². The van der Waals surface area contributed by atoms with Gasteiger partial charge in [-0.15, -0.1) is 0 Å². The molecule has 1 aromatic heterocycles. The number of benzene rings is 1. The second kappa shape index (κ2) is 6.45. The molecule has 5 heteroatoms. The molecule has 0 saturated heterocycles. The van der Waals surface area contributed by atoms with E-state index in [9.17, 15) is 9.18 Å². The van der Waals surface area contributed by atoms with Crippen molar-refractivity contribution < 1.29 is 13.6 Å². The van der Waals surface area contributed by atoms with Gasteiger partial charge in [0.2, 0.25) is 5.91 Å². The molecule has 3 N–H and O–H groups in total. The zero-order valence-corrected chi connectivity index (χ0v) is 14.6. The highest BCUT2D eigenvalue weighted by molar-refractivity contribution is 5.82. The van der Waals surface area contributed by atoms with Crippen LogP contribution < -0.4 is 11.1 Å². The molecule has 1 amide bonds. The van der Waals surface area contributed by atoms with Gasteiger partial charge in [-0.05, 0) is 62.6 Å². The van der Waals surface area contributed by atoms with E-state index < -0.39 is 0 Å². The lowest BCUT2D eigenvalue weighted by Gasteiger charge is -2.43. The predicted molar refractivity (Wildman–Crippen MR) is 94.3 cm³/mol. The fraction of sp³-hybridized carbons (Fsp3) is 0.550. The summed E-state index contributed by atoms with van der Waals surface area (Å²) in [5.41, 5.74) is 7.85. The first-order valence-electron chi connectivity index (χ1n) is 9.23. The first kappa shape index (κ1) is 16.6. The maximum absolute atomic E-state index is 13.4. The van der Waals surface area contributed by atoms with E-state index in [0.29, 0.717) is 29.7 Å². The lowest BCUT2D eigenvalue weighted by atomic mass is 9.65. The van der Waals surface area contributed by atoms with Crippen LogP contribution in [0.25, 0.3) is 11.0 Å². The van der Waals surface area contributed by atoms with Crippen molar-refractivity contribution in [3.63, 3.8) is 0 Å². The Bertz CT molecular complexity index is 786. The van der Waals surface area contributed by atoms with E-state index in [0.717, 1.165) is 36.6 Å². The molecule has 4 nitrogen and oxygen atoms in total. The number of furan rings is 1. The molecule has 4 rings (SSSR count). The number of amides is 1. The van der Waals surface area contributed by atoms with Crippen LogP contribution >= 0.6 is 0 Å². The van der Waals surface area contributed by atoms with Gasteiger partial charge in [-0.3, -0.25) is 4.79 Å². The van der Waals surface area contributed by atoms with Crippen LogP contribution in [0.5, 0.6) is 0 Å². The number of carbonyl (C=O) groups excluding carboxylic acids is 1. The number of hydrogen-bond donors (Lipinski definition) is 2. The fourth-order valence-corrected chi connectivity index (χ4v) is 4.73. The number of hydrogen-bond acceptors (Lipinski definition) is 3. The van der Waals surface area contributed by atoms with Gasteiger partial charge in [0.05, 0.1) is 6.54 Å². The quantitative estimate of drug-likeness (QED) is 0.893. The minimum Gasteiger partial charge on any atom is -0.459 e. The summed E-state index contributed by atoms with van der Waals surface area (Å²) in [5.74, 6) is 1.53. The summed E-state index contributed by atoms with van der Waals surface area (Å²) < 4.78 is 19.2.